The van der Waals surface area contributed by atoms with Crippen molar-refractivity contribution in [3.8, 4) is 0 Å². The molecular weight excluding hydrogens is 595 g/mol. The van der Waals surface area contributed by atoms with E-state index in [0.29, 0.717) is 24.4 Å². The number of aliphatic hydroxyl groups is 2. The number of aliphatic hydroxyl groups excluding tert-OH is 2. The van der Waals surface area contributed by atoms with Gasteiger partial charge in [0.25, 0.3) is 0 Å². The lowest BCUT2D eigenvalue weighted by molar-refractivity contribution is -0.0483. The van der Waals surface area contributed by atoms with Gasteiger partial charge in [0.2, 0.25) is 5.28 Å². The molecule has 216 valence electrons. The van der Waals surface area contributed by atoms with Crippen molar-refractivity contribution in [1.82, 2.24) is 19.5 Å². The predicted molar refractivity (Wildman–Crippen MR) is 137 cm³/mol. The highest BCUT2D eigenvalue weighted by Crippen LogP contribution is 2.55. The van der Waals surface area contributed by atoms with Crippen molar-refractivity contribution >= 4 is 43.8 Å². The van der Waals surface area contributed by atoms with Gasteiger partial charge in [0.1, 0.15) is 24.1 Å². The molecule has 0 amide bonds. The van der Waals surface area contributed by atoms with Gasteiger partial charge in [0.05, 0.1) is 12.9 Å². The number of anilines is 1. The number of ether oxygens (including phenoxy) is 1. The summed E-state index contributed by atoms with van der Waals surface area (Å²) in [4.78, 5) is 42.6. The minimum Gasteiger partial charge on any atom is -0.387 e. The van der Waals surface area contributed by atoms with Crippen LogP contribution in [0, 0.1) is 11.2 Å². The van der Waals surface area contributed by atoms with E-state index < -0.39 is 52.2 Å². The molecule has 2 aliphatic heterocycles. The van der Waals surface area contributed by atoms with Crippen LogP contribution in [0.15, 0.2) is 24.5 Å². The van der Waals surface area contributed by atoms with Gasteiger partial charge in [-0.25, -0.2) is 9.37 Å². The van der Waals surface area contributed by atoms with Gasteiger partial charge in [-0.3, -0.25) is 13.7 Å². The van der Waals surface area contributed by atoms with Crippen LogP contribution < -0.4 is 4.90 Å². The summed E-state index contributed by atoms with van der Waals surface area (Å²) in [6.07, 6.45) is -2.77. The molecule has 0 bridgehead atoms. The summed E-state index contributed by atoms with van der Waals surface area (Å²) in [5.74, 6) is -1.20. The Labute approximate surface area is 231 Å². The SMILES string of the molecule is O=P(O)(O)CP(=O)(O)OC[C@H]1O[C@@H](n2cnc3c(N4CC5(Cc6ccc(F)cc6C5)C4)nc(Cl)nc32)C(O)[C@H]1O. The number of benzene rings is 1. The van der Waals surface area contributed by atoms with E-state index in [1.807, 2.05) is 11.0 Å². The topological polar surface area (TPSA) is 201 Å². The first-order valence-electron chi connectivity index (χ1n) is 12.2. The van der Waals surface area contributed by atoms with Gasteiger partial charge in [-0.05, 0) is 47.7 Å². The minimum atomic E-state index is -4.85. The highest BCUT2D eigenvalue weighted by molar-refractivity contribution is 7.70. The van der Waals surface area contributed by atoms with E-state index in [1.54, 1.807) is 6.07 Å². The third-order valence-corrected chi connectivity index (χ3v) is 11.1. The molecule has 2 saturated heterocycles. The Hall–Kier alpha value is -2.03. The van der Waals surface area contributed by atoms with Gasteiger partial charge in [0.15, 0.2) is 29.1 Å². The summed E-state index contributed by atoms with van der Waals surface area (Å²) in [6, 6.07) is 4.86. The standard InChI is InChI=1S/C22H25ClFN5O9P2/c23-21-26-18(28-7-22(8-28)4-11-1-2-13(24)3-12(11)5-22)15-19(27-21)29(9-25-15)20-17(31)16(30)14(38-20)6-37-40(35,36)10-39(32,33)34/h1-3,9,14,16-17,20,30-31H,4-8,10H2,(H,35,36)(H2,32,33,34)/t14-,16+,17?,20-/m1/s1. The Bertz CT molecular complexity index is 1580. The molecule has 1 spiro atoms. The van der Waals surface area contributed by atoms with Gasteiger partial charge in [0, 0.05) is 18.5 Å². The molecule has 0 saturated carbocycles. The molecule has 5 N–H and O–H groups in total. The van der Waals surface area contributed by atoms with Crippen LogP contribution in [0.2, 0.25) is 5.28 Å². The molecule has 1 aliphatic carbocycles. The molecule has 3 aromatic rings. The summed E-state index contributed by atoms with van der Waals surface area (Å²) in [6.45, 7) is 0.544. The average molecular weight is 620 g/mol. The zero-order chi connectivity index (χ0) is 28.6. The van der Waals surface area contributed by atoms with Crippen molar-refractivity contribution in [3.05, 3.63) is 46.8 Å². The molecule has 4 heterocycles. The third kappa shape index (κ3) is 5.20. The predicted octanol–water partition coefficient (Wildman–Crippen LogP) is 1.18. The van der Waals surface area contributed by atoms with E-state index in [9.17, 15) is 28.6 Å². The van der Waals surface area contributed by atoms with Crippen molar-refractivity contribution in [2.24, 2.45) is 5.41 Å². The van der Waals surface area contributed by atoms with Crippen molar-refractivity contribution in [2.75, 3.05) is 30.5 Å². The van der Waals surface area contributed by atoms with Gasteiger partial charge >= 0.3 is 15.2 Å². The van der Waals surface area contributed by atoms with Crippen molar-refractivity contribution in [3.63, 3.8) is 0 Å². The summed E-state index contributed by atoms with van der Waals surface area (Å²) in [5, 5.41) is 21.1. The van der Waals surface area contributed by atoms with Crippen LogP contribution in [-0.4, -0.2) is 88.3 Å². The van der Waals surface area contributed by atoms with Gasteiger partial charge in [-0.2, -0.15) is 9.97 Å². The van der Waals surface area contributed by atoms with Crippen LogP contribution >= 0.6 is 26.8 Å². The quantitative estimate of drug-likeness (QED) is 0.187. The maximum atomic E-state index is 13.7. The number of nitrogens with zero attached hydrogens (tertiary/aromatic N) is 5. The van der Waals surface area contributed by atoms with E-state index >= 15 is 0 Å². The third-order valence-electron chi connectivity index (χ3n) is 7.44. The fraction of sp³-hybridized carbons (Fsp3) is 0.500. The van der Waals surface area contributed by atoms with E-state index in [2.05, 4.69) is 15.0 Å². The number of halogens is 2. The zero-order valence-corrected chi connectivity index (χ0v) is 23.2. The number of imidazole rings is 1. The number of aromatic nitrogens is 4. The first-order valence-corrected chi connectivity index (χ1v) is 16.1. The molecule has 14 nitrogen and oxygen atoms in total. The first-order chi connectivity index (χ1) is 18.7. The van der Waals surface area contributed by atoms with E-state index in [4.69, 9.17) is 30.6 Å². The molecule has 1 aromatic carbocycles. The molecule has 6 rings (SSSR count). The molecular formula is C22H25ClFN5O9P2. The molecule has 2 unspecified atom stereocenters. The number of fused-ring (bicyclic) bond motifs is 2. The van der Waals surface area contributed by atoms with Crippen molar-refractivity contribution < 1.29 is 47.7 Å². The zero-order valence-electron chi connectivity index (χ0n) is 20.6. The van der Waals surface area contributed by atoms with Gasteiger partial charge < -0.3 is 39.1 Å². The smallest absolute Gasteiger partial charge is 0.340 e. The highest BCUT2D eigenvalue weighted by atomic mass is 35.5. The van der Waals surface area contributed by atoms with Crippen molar-refractivity contribution in [1.29, 1.82) is 0 Å². The highest BCUT2D eigenvalue weighted by Gasteiger charge is 2.49. The molecule has 0 radical (unpaired) electrons. The number of rotatable bonds is 7. The normalized spacial score (nSPS) is 27.2. The largest absolute Gasteiger partial charge is 0.387 e. The number of hydrogen-bond donors (Lipinski definition) is 5. The summed E-state index contributed by atoms with van der Waals surface area (Å²) >= 11 is 6.25. The van der Waals surface area contributed by atoms with Crippen LogP contribution in [0.1, 0.15) is 17.4 Å². The Morgan fingerprint density at radius 2 is 1.85 bits per heavy atom. The molecule has 2 fully saturated rings. The lowest BCUT2D eigenvalue weighted by atomic mass is 9.77. The minimum absolute atomic E-state index is 0.0591. The second kappa shape index (κ2) is 9.77. The van der Waals surface area contributed by atoms with Crippen LogP contribution in [0.25, 0.3) is 11.2 Å². The lowest BCUT2D eigenvalue weighted by Crippen LogP contribution is -2.57. The molecule has 40 heavy (non-hydrogen) atoms. The fourth-order valence-electron chi connectivity index (χ4n) is 5.78. The summed E-state index contributed by atoms with van der Waals surface area (Å²) in [5.41, 5.74) is 2.64. The van der Waals surface area contributed by atoms with E-state index in [1.165, 1.54) is 17.0 Å². The summed E-state index contributed by atoms with van der Waals surface area (Å²) in [7, 11) is -9.55. The monoisotopic (exact) mass is 619 g/mol. The first kappa shape index (κ1) is 28.1. The average Bonchev–Trinajstić information content (AvgIpc) is 3.49. The Kier molecular flexibility index (Phi) is 6.87. The maximum absolute atomic E-state index is 13.7. The summed E-state index contributed by atoms with van der Waals surface area (Å²) < 4.78 is 48.5. The Morgan fingerprint density at radius 3 is 2.58 bits per heavy atom. The van der Waals surface area contributed by atoms with Crippen LogP contribution in [0.5, 0.6) is 0 Å². The van der Waals surface area contributed by atoms with Crippen LogP contribution in [0.4, 0.5) is 10.2 Å². The van der Waals surface area contributed by atoms with Crippen LogP contribution in [-0.2, 0) is 31.2 Å². The molecule has 2 aromatic heterocycles. The van der Waals surface area contributed by atoms with Crippen molar-refractivity contribution in [2.45, 2.75) is 37.4 Å². The Balaban J connectivity index is 1.19. The van der Waals surface area contributed by atoms with Gasteiger partial charge in [-0.1, -0.05) is 6.07 Å². The maximum Gasteiger partial charge on any atom is 0.340 e. The number of hydrogen-bond acceptors (Lipinski definition) is 10. The van der Waals surface area contributed by atoms with E-state index in [0.717, 1.165) is 24.0 Å². The van der Waals surface area contributed by atoms with Crippen LogP contribution in [0.3, 0.4) is 0 Å². The van der Waals surface area contributed by atoms with E-state index in [-0.39, 0.29) is 22.2 Å². The fourth-order valence-corrected chi connectivity index (χ4v) is 8.51. The molecule has 18 heteroatoms. The lowest BCUT2D eigenvalue weighted by Gasteiger charge is -2.49. The second-order valence-corrected chi connectivity index (χ2v) is 14.9. The molecule has 3 aliphatic rings. The molecule has 5 atom stereocenters. The Morgan fingerprint density at radius 1 is 1.12 bits per heavy atom. The second-order valence-electron chi connectivity index (χ2n) is 10.5. The van der Waals surface area contributed by atoms with Gasteiger partial charge in [-0.15, -0.1) is 0 Å².